The summed E-state index contributed by atoms with van der Waals surface area (Å²) in [5.74, 6) is 0.0847. The summed E-state index contributed by atoms with van der Waals surface area (Å²) in [6.45, 7) is 7.43. The predicted molar refractivity (Wildman–Crippen MR) is 183 cm³/mol. The van der Waals surface area contributed by atoms with Gasteiger partial charge in [-0.25, -0.2) is 9.13 Å². The van der Waals surface area contributed by atoms with Crippen LogP contribution in [0.1, 0.15) is 25.0 Å². The van der Waals surface area contributed by atoms with Crippen molar-refractivity contribution in [2.24, 2.45) is 0 Å². The lowest BCUT2D eigenvalue weighted by Crippen LogP contribution is -2.48. The van der Waals surface area contributed by atoms with Crippen molar-refractivity contribution in [3.8, 4) is 17.2 Å². The first-order valence-corrected chi connectivity index (χ1v) is 16.8. The van der Waals surface area contributed by atoms with Crippen LogP contribution in [0.25, 0.3) is 0 Å². The molecule has 4 aromatic rings. The van der Waals surface area contributed by atoms with Crippen LogP contribution in [-0.2, 0) is 37.9 Å². The fraction of sp³-hybridized carbons (Fsp3) is 0.361. The van der Waals surface area contributed by atoms with Crippen LogP contribution in [0, 0.1) is 0 Å². The molecule has 3 aromatic carbocycles. The van der Waals surface area contributed by atoms with Gasteiger partial charge in [-0.3, -0.25) is 9.59 Å². The molecule has 13 heteroatoms. The van der Waals surface area contributed by atoms with E-state index in [-0.39, 0.29) is 18.6 Å². The van der Waals surface area contributed by atoms with Crippen LogP contribution >= 0.6 is 23.2 Å². The maximum Gasteiger partial charge on any atom is 0.308 e. The monoisotopic (exact) mass is 709 g/mol. The molecule has 2 fully saturated rings. The number of piperazine rings is 1. The number of ether oxygens (including phenoxy) is 5. The minimum absolute atomic E-state index is 0.114. The Morgan fingerprint density at radius 3 is 2.45 bits per heavy atom. The first kappa shape index (κ1) is 34.6. The second-order valence-corrected chi connectivity index (χ2v) is 12.9. The average Bonchev–Trinajstić information content (AvgIpc) is 3.71. The third kappa shape index (κ3) is 8.30. The summed E-state index contributed by atoms with van der Waals surface area (Å²) in [6.07, 6.45) is 5.48. The zero-order chi connectivity index (χ0) is 34.5. The molecule has 2 aliphatic heterocycles. The Morgan fingerprint density at radius 2 is 1.76 bits per heavy atom. The van der Waals surface area contributed by atoms with E-state index in [0.29, 0.717) is 46.8 Å². The highest BCUT2D eigenvalue weighted by molar-refractivity contribution is 6.35. The molecule has 2 unspecified atom stereocenters. The number of hydrogen-bond acceptors (Lipinski definition) is 8. The number of esters is 1. The molecule has 0 aliphatic carbocycles. The van der Waals surface area contributed by atoms with Crippen molar-refractivity contribution in [2.75, 3.05) is 51.4 Å². The molecule has 1 aromatic heterocycles. The Labute approximate surface area is 295 Å². The van der Waals surface area contributed by atoms with Crippen LogP contribution < -0.4 is 23.7 Å². The number of halogens is 2. The first-order chi connectivity index (χ1) is 23.6. The zero-order valence-corrected chi connectivity index (χ0v) is 29.2. The minimum atomic E-state index is -1.19. The summed E-state index contributed by atoms with van der Waals surface area (Å²) < 4.78 is 33.9. The van der Waals surface area contributed by atoms with E-state index in [1.165, 1.54) is 14.0 Å². The second kappa shape index (κ2) is 15.1. The number of benzene rings is 3. The Bertz CT molecular complexity index is 1790. The van der Waals surface area contributed by atoms with E-state index in [4.69, 9.17) is 46.9 Å². The number of aromatic nitrogens is 2. The van der Waals surface area contributed by atoms with Crippen LogP contribution in [0.5, 0.6) is 17.2 Å². The Hall–Kier alpha value is -4.29. The number of nitrogens with zero attached hydrogens (tertiary/aromatic N) is 4. The van der Waals surface area contributed by atoms with Crippen LogP contribution in [-0.4, -0.2) is 74.0 Å². The number of hydrogen-bond donors (Lipinski definition) is 0. The van der Waals surface area contributed by atoms with Gasteiger partial charge in [0.15, 0.2) is 11.5 Å². The van der Waals surface area contributed by atoms with Crippen molar-refractivity contribution in [1.29, 1.82) is 0 Å². The number of amides is 1. The van der Waals surface area contributed by atoms with Crippen molar-refractivity contribution in [2.45, 2.75) is 38.8 Å². The van der Waals surface area contributed by atoms with Crippen LogP contribution in [0.15, 0.2) is 79.4 Å². The number of carbonyl (C=O) groups is 2. The Morgan fingerprint density at radius 1 is 0.980 bits per heavy atom. The molecule has 11 nitrogen and oxygen atoms in total. The third-order valence-corrected chi connectivity index (χ3v) is 9.10. The molecule has 0 saturated carbocycles. The summed E-state index contributed by atoms with van der Waals surface area (Å²) >= 11 is 13.0. The molecule has 2 atom stereocenters. The fourth-order valence-corrected chi connectivity index (χ4v) is 6.66. The lowest BCUT2D eigenvalue weighted by atomic mass is 10.1. The Balaban J connectivity index is 1.12. The Kier molecular flexibility index (Phi) is 10.6. The van der Waals surface area contributed by atoms with E-state index in [1.54, 1.807) is 25.1 Å². The SMILES string of the molecule is COc1cc(C[n+]2ccn(CC3(c4ccc(Cl)cc4Cl)OCC(COc4ccc(N5CCN(C(C)=O)CC5)cc4)O3)c2)ccc1OC(C)=O. The van der Waals surface area contributed by atoms with Gasteiger partial charge in [0, 0.05) is 56.3 Å². The van der Waals surface area contributed by atoms with E-state index in [9.17, 15) is 9.59 Å². The maximum atomic E-state index is 11.7. The van der Waals surface area contributed by atoms with Crippen molar-refractivity contribution < 1.29 is 37.8 Å². The summed E-state index contributed by atoms with van der Waals surface area (Å²) in [4.78, 5) is 27.2. The van der Waals surface area contributed by atoms with Gasteiger partial charge in [-0.05, 0) is 54.1 Å². The molecule has 49 heavy (non-hydrogen) atoms. The second-order valence-electron chi connectivity index (χ2n) is 12.1. The molecule has 6 rings (SSSR count). The first-order valence-electron chi connectivity index (χ1n) is 16.0. The lowest BCUT2D eigenvalue weighted by Gasteiger charge is -2.35. The van der Waals surface area contributed by atoms with Gasteiger partial charge in [-0.1, -0.05) is 35.3 Å². The summed E-state index contributed by atoms with van der Waals surface area (Å²) in [5.41, 5.74) is 2.72. The van der Waals surface area contributed by atoms with Crippen molar-refractivity contribution in [3.05, 3.63) is 101 Å². The van der Waals surface area contributed by atoms with E-state index < -0.39 is 11.8 Å². The van der Waals surface area contributed by atoms with Gasteiger partial charge in [-0.15, -0.1) is 0 Å². The van der Waals surface area contributed by atoms with Gasteiger partial charge in [-0.2, -0.15) is 0 Å². The molecule has 0 bridgehead atoms. The van der Waals surface area contributed by atoms with E-state index in [0.717, 1.165) is 43.2 Å². The lowest BCUT2D eigenvalue weighted by molar-refractivity contribution is -0.688. The maximum absolute atomic E-state index is 11.7. The smallest absolute Gasteiger partial charge is 0.308 e. The molecule has 1 amide bonds. The summed E-state index contributed by atoms with van der Waals surface area (Å²) in [6, 6.07) is 18.7. The molecular formula is C36H39Cl2N4O7+. The highest BCUT2D eigenvalue weighted by Crippen LogP contribution is 2.40. The standard InChI is InChI=1S/C36H39Cl2N4O7/c1-25(43)41-14-16-42(17-15-41)29-6-8-30(9-7-29)46-21-31-22-47-36(49-31,32-10-5-28(37)19-33(32)38)23-40-13-12-39(24-40)20-27-4-11-34(48-26(2)44)35(18-27)45-3/h4-13,18-19,24,31H,14-17,20-23H2,1-3H3/q+1. The van der Waals surface area contributed by atoms with Crippen molar-refractivity contribution in [3.63, 3.8) is 0 Å². The van der Waals surface area contributed by atoms with Crippen molar-refractivity contribution >= 4 is 40.8 Å². The van der Waals surface area contributed by atoms with Gasteiger partial charge in [0.2, 0.25) is 18.0 Å². The molecular weight excluding hydrogens is 671 g/mol. The van der Waals surface area contributed by atoms with E-state index in [1.807, 2.05) is 75.2 Å². The van der Waals surface area contributed by atoms with Crippen LogP contribution in [0.2, 0.25) is 10.0 Å². The predicted octanol–water partition coefficient (Wildman–Crippen LogP) is 5.08. The highest BCUT2D eigenvalue weighted by atomic mass is 35.5. The molecule has 0 N–H and O–H groups in total. The number of anilines is 1. The van der Waals surface area contributed by atoms with Gasteiger partial charge in [0.05, 0.1) is 18.7 Å². The van der Waals surface area contributed by atoms with Crippen LogP contribution in [0.4, 0.5) is 5.69 Å². The number of carbonyl (C=O) groups excluding carboxylic acids is 2. The van der Waals surface area contributed by atoms with Gasteiger partial charge >= 0.3 is 5.97 Å². The highest BCUT2D eigenvalue weighted by Gasteiger charge is 2.47. The zero-order valence-electron chi connectivity index (χ0n) is 27.6. The largest absolute Gasteiger partial charge is 0.493 e. The van der Waals surface area contributed by atoms with E-state index in [2.05, 4.69) is 4.90 Å². The fourth-order valence-electron chi connectivity index (χ4n) is 6.10. The average molecular weight is 711 g/mol. The van der Waals surface area contributed by atoms with E-state index >= 15 is 0 Å². The molecule has 0 radical (unpaired) electrons. The summed E-state index contributed by atoms with van der Waals surface area (Å²) in [7, 11) is 1.54. The quantitative estimate of drug-likeness (QED) is 0.121. The number of methoxy groups -OCH3 is 1. The molecule has 2 saturated heterocycles. The minimum Gasteiger partial charge on any atom is -0.493 e. The van der Waals surface area contributed by atoms with Gasteiger partial charge in [0.25, 0.3) is 0 Å². The topological polar surface area (TPSA) is 95.6 Å². The number of rotatable bonds is 11. The normalized spacial score (nSPS) is 19.2. The molecule has 258 valence electrons. The third-order valence-electron chi connectivity index (χ3n) is 8.55. The van der Waals surface area contributed by atoms with Crippen molar-refractivity contribution in [1.82, 2.24) is 9.47 Å². The molecule has 3 heterocycles. The van der Waals surface area contributed by atoms with Gasteiger partial charge < -0.3 is 33.5 Å². The number of imidazole rings is 1. The summed E-state index contributed by atoms with van der Waals surface area (Å²) in [5, 5.41) is 0.953. The molecule has 0 spiro atoms. The molecule has 2 aliphatic rings. The van der Waals surface area contributed by atoms with Crippen LogP contribution in [0.3, 0.4) is 0 Å². The van der Waals surface area contributed by atoms with Gasteiger partial charge in [0.1, 0.15) is 43.9 Å².